The van der Waals surface area contributed by atoms with Crippen molar-refractivity contribution in [2.24, 2.45) is 0 Å². The number of sulfonamides is 1. The molecule has 0 spiro atoms. The summed E-state index contributed by atoms with van der Waals surface area (Å²) in [5.41, 5.74) is 1.31. The second-order valence-electron chi connectivity index (χ2n) is 3.93. The van der Waals surface area contributed by atoms with E-state index < -0.39 is 10.0 Å². The number of anilines is 1. The molecule has 0 saturated carbocycles. The Bertz CT molecular complexity index is 653. The predicted molar refractivity (Wildman–Crippen MR) is 74.7 cm³/mol. The molecular weight excluding hydrogens is 284 g/mol. The largest absolute Gasteiger partial charge is 0.315 e. The minimum absolute atomic E-state index is 0.291. The molecule has 0 saturated heterocycles. The van der Waals surface area contributed by atoms with Crippen LogP contribution in [0.3, 0.4) is 0 Å². The highest BCUT2D eigenvalue weighted by Crippen LogP contribution is 2.27. The Morgan fingerprint density at radius 2 is 2.00 bits per heavy atom. The van der Waals surface area contributed by atoms with Crippen molar-refractivity contribution < 1.29 is 8.42 Å². The second-order valence-corrected chi connectivity index (χ2v) is 6.98. The number of rotatable bonds is 5. The van der Waals surface area contributed by atoms with Gasteiger partial charge in [0.15, 0.2) is 0 Å². The van der Waals surface area contributed by atoms with Crippen molar-refractivity contribution in [1.82, 2.24) is 15.3 Å². The summed E-state index contributed by atoms with van der Waals surface area (Å²) in [6.07, 6.45) is 4.18. The molecule has 2 aromatic heterocycles. The van der Waals surface area contributed by atoms with Crippen LogP contribution in [0.15, 0.2) is 29.0 Å². The molecule has 6 nitrogen and oxygen atoms in total. The van der Waals surface area contributed by atoms with Crippen LogP contribution in [0.2, 0.25) is 0 Å². The van der Waals surface area contributed by atoms with E-state index in [0.717, 1.165) is 10.4 Å². The number of thiophene rings is 1. The van der Waals surface area contributed by atoms with E-state index in [-0.39, 0.29) is 0 Å². The van der Waals surface area contributed by atoms with Crippen LogP contribution in [0.25, 0.3) is 0 Å². The quantitative estimate of drug-likeness (QED) is 0.871. The van der Waals surface area contributed by atoms with Gasteiger partial charge in [-0.05, 0) is 25.6 Å². The van der Waals surface area contributed by atoms with Crippen LogP contribution in [0.4, 0.5) is 5.69 Å². The van der Waals surface area contributed by atoms with Crippen molar-refractivity contribution in [3.05, 3.63) is 35.2 Å². The van der Waals surface area contributed by atoms with Gasteiger partial charge in [0.2, 0.25) is 0 Å². The molecule has 0 aliphatic carbocycles. The fourth-order valence-corrected chi connectivity index (χ4v) is 4.14. The summed E-state index contributed by atoms with van der Waals surface area (Å²) < 4.78 is 27.1. The summed E-state index contributed by atoms with van der Waals surface area (Å²) in [5.74, 6) is 0. The third kappa shape index (κ3) is 3.28. The molecule has 2 aromatic rings. The average Bonchev–Trinajstić information content (AvgIpc) is 2.73. The smallest absolute Gasteiger partial charge is 0.271 e. The summed E-state index contributed by atoms with van der Waals surface area (Å²) in [6.45, 7) is 2.55. The van der Waals surface area contributed by atoms with E-state index in [2.05, 4.69) is 20.0 Å². The molecule has 8 heteroatoms. The van der Waals surface area contributed by atoms with E-state index in [1.165, 1.54) is 30.1 Å². The first kappa shape index (κ1) is 13.9. The van der Waals surface area contributed by atoms with Gasteiger partial charge in [0.05, 0.1) is 18.1 Å². The molecule has 0 radical (unpaired) electrons. The van der Waals surface area contributed by atoms with Crippen molar-refractivity contribution in [1.29, 1.82) is 0 Å². The van der Waals surface area contributed by atoms with Crippen LogP contribution in [0.1, 0.15) is 10.4 Å². The third-order valence-electron chi connectivity index (χ3n) is 2.41. The van der Waals surface area contributed by atoms with E-state index in [9.17, 15) is 8.42 Å². The summed E-state index contributed by atoms with van der Waals surface area (Å²) in [6, 6.07) is 1.67. The molecular formula is C11H14N4O2S2. The Kier molecular flexibility index (Phi) is 4.13. The van der Waals surface area contributed by atoms with E-state index in [4.69, 9.17) is 0 Å². The summed E-state index contributed by atoms with van der Waals surface area (Å²) >= 11 is 1.26. The Morgan fingerprint density at radius 1 is 1.32 bits per heavy atom. The standard InChI is InChI=1S/C11H14N4O2S2/c1-8-3-11(18-10(8)6-12-2)19(16,17)15-9-4-13-7-14-5-9/h3-5,7,12,15H,6H2,1-2H3. The maximum atomic E-state index is 12.2. The maximum Gasteiger partial charge on any atom is 0.271 e. The lowest BCUT2D eigenvalue weighted by Gasteiger charge is -2.04. The van der Waals surface area contributed by atoms with Gasteiger partial charge in [0, 0.05) is 11.4 Å². The normalized spacial score (nSPS) is 11.5. The first-order valence-corrected chi connectivity index (χ1v) is 7.84. The minimum Gasteiger partial charge on any atom is -0.315 e. The lowest BCUT2D eigenvalue weighted by Crippen LogP contribution is -2.11. The van der Waals surface area contributed by atoms with E-state index in [1.54, 1.807) is 6.07 Å². The van der Waals surface area contributed by atoms with Crippen LogP contribution in [0.5, 0.6) is 0 Å². The molecule has 0 aromatic carbocycles. The molecule has 2 heterocycles. The van der Waals surface area contributed by atoms with Crippen LogP contribution in [-0.4, -0.2) is 25.4 Å². The van der Waals surface area contributed by atoms with Gasteiger partial charge in [0.1, 0.15) is 10.5 Å². The van der Waals surface area contributed by atoms with Gasteiger partial charge in [-0.1, -0.05) is 0 Å². The van der Waals surface area contributed by atoms with E-state index in [1.807, 2.05) is 14.0 Å². The van der Waals surface area contributed by atoms with Crippen molar-refractivity contribution in [3.8, 4) is 0 Å². The predicted octanol–water partition coefficient (Wildman–Crippen LogP) is 1.37. The lowest BCUT2D eigenvalue weighted by atomic mass is 10.3. The number of hydrogen-bond acceptors (Lipinski definition) is 6. The van der Waals surface area contributed by atoms with Crippen LogP contribution < -0.4 is 10.0 Å². The van der Waals surface area contributed by atoms with E-state index in [0.29, 0.717) is 16.4 Å². The summed E-state index contributed by atoms with van der Waals surface area (Å²) in [4.78, 5) is 8.55. The molecule has 0 aliphatic heterocycles. The Balaban J connectivity index is 2.27. The highest BCUT2D eigenvalue weighted by molar-refractivity contribution is 7.94. The highest BCUT2D eigenvalue weighted by atomic mass is 32.2. The molecule has 0 unspecified atom stereocenters. The van der Waals surface area contributed by atoms with E-state index >= 15 is 0 Å². The van der Waals surface area contributed by atoms with Gasteiger partial charge >= 0.3 is 0 Å². The van der Waals surface area contributed by atoms with Crippen molar-refractivity contribution >= 4 is 27.0 Å². The minimum atomic E-state index is -3.57. The number of aryl methyl sites for hydroxylation is 1. The fourth-order valence-electron chi connectivity index (χ4n) is 1.51. The van der Waals surface area contributed by atoms with Gasteiger partial charge in [-0.25, -0.2) is 18.4 Å². The SMILES string of the molecule is CNCc1sc(S(=O)(=O)Nc2cncnc2)cc1C. The zero-order valence-electron chi connectivity index (χ0n) is 10.5. The number of aromatic nitrogens is 2. The van der Waals surface area contributed by atoms with Crippen molar-refractivity contribution in [2.75, 3.05) is 11.8 Å². The Morgan fingerprint density at radius 3 is 2.63 bits per heavy atom. The van der Waals surface area contributed by atoms with Crippen molar-refractivity contribution in [3.63, 3.8) is 0 Å². The average molecular weight is 298 g/mol. The molecule has 0 amide bonds. The Labute approximate surface area is 116 Å². The molecule has 0 fully saturated rings. The number of hydrogen-bond donors (Lipinski definition) is 2. The monoisotopic (exact) mass is 298 g/mol. The topological polar surface area (TPSA) is 84.0 Å². The molecule has 102 valence electrons. The molecule has 0 aliphatic rings. The fraction of sp³-hybridized carbons (Fsp3) is 0.273. The zero-order chi connectivity index (χ0) is 13.9. The molecule has 2 rings (SSSR count). The van der Waals surface area contributed by atoms with Crippen LogP contribution >= 0.6 is 11.3 Å². The first-order valence-electron chi connectivity index (χ1n) is 5.54. The third-order valence-corrected chi connectivity index (χ3v) is 5.50. The summed E-state index contributed by atoms with van der Waals surface area (Å²) in [7, 11) is -1.75. The first-order chi connectivity index (χ1) is 9.03. The molecule has 0 atom stereocenters. The molecule has 19 heavy (non-hydrogen) atoms. The molecule has 2 N–H and O–H groups in total. The molecule has 0 bridgehead atoms. The van der Waals surface area contributed by atoms with Crippen LogP contribution in [0, 0.1) is 6.92 Å². The van der Waals surface area contributed by atoms with Crippen LogP contribution in [-0.2, 0) is 16.6 Å². The summed E-state index contributed by atoms with van der Waals surface area (Å²) in [5, 5.41) is 3.01. The zero-order valence-corrected chi connectivity index (χ0v) is 12.2. The number of nitrogens with one attached hydrogen (secondary N) is 2. The lowest BCUT2D eigenvalue weighted by molar-refractivity contribution is 0.603. The maximum absolute atomic E-state index is 12.2. The highest BCUT2D eigenvalue weighted by Gasteiger charge is 2.19. The van der Waals surface area contributed by atoms with Gasteiger partial charge < -0.3 is 5.32 Å². The Hall–Kier alpha value is -1.51. The van der Waals surface area contributed by atoms with Gasteiger partial charge in [0.25, 0.3) is 10.0 Å². The van der Waals surface area contributed by atoms with Crippen molar-refractivity contribution in [2.45, 2.75) is 17.7 Å². The second kappa shape index (κ2) is 5.64. The van der Waals surface area contributed by atoms with Gasteiger partial charge in [-0.15, -0.1) is 11.3 Å². The number of nitrogens with zero attached hydrogens (tertiary/aromatic N) is 2. The van der Waals surface area contributed by atoms with Gasteiger partial charge in [-0.3, -0.25) is 4.72 Å². The van der Waals surface area contributed by atoms with Gasteiger partial charge in [-0.2, -0.15) is 0 Å².